The highest BCUT2D eigenvalue weighted by molar-refractivity contribution is 7.71. The SMILES string of the molecule is CCn1c(-c2ccncc2)nn(CN2CCc3sccc3C2C)c1=S. The van der Waals surface area contributed by atoms with Crippen molar-refractivity contribution in [3.8, 4) is 11.4 Å². The van der Waals surface area contributed by atoms with E-state index in [1.165, 1.54) is 10.4 Å². The molecule has 0 bridgehead atoms. The highest BCUT2D eigenvalue weighted by Crippen LogP contribution is 2.33. The van der Waals surface area contributed by atoms with E-state index in [0.717, 1.165) is 42.3 Å². The second kappa shape index (κ2) is 6.82. The standard InChI is InChI=1S/C18H21N5S2/c1-3-22-17(14-4-8-19-9-5-14)20-23(18(22)24)12-21-10-6-16-15(13(21)2)7-11-25-16/h4-5,7-9,11,13H,3,6,10,12H2,1-2H3. The predicted molar refractivity (Wildman–Crippen MR) is 103 cm³/mol. The first-order valence-electron chi connectivity index (χ1n) is 8.57. The quantitative estimate of drug-likeness (QED) is 0.646. The van der Waals surface area contributed by atoms with Gasteiger partial charge in [0.2, 0.25) is 0 Å². The third-order valence-corrected chi connectivity index (χ3v) is 6.32. The number of hydrogen-bond donors (Lipinski definition) is 0. The molecule has 0 aliphatic carbocycles. The summed E-state index contributed by atoms with van der Waals surface area (Å²) in [4.78, 5) is 8.07. The Morgan fingerprint density at radius 3 is 2.84 bits per heavy atom. The lowest BCUT2D eigenvalue weighted by molar-refractivity contribution is 0.144. The van der Waals surface area contributed by atoms with Gasteiger partial charge in [0, 0.05) is 42.0 Å². The Morgan fingerprint density at radius 2 is 2.08 bits per heavy atom. The van der Waals surface area contributed by atoms with Crippen LogP contribution >= 0.6 is 23.6 Å². The van der Waals surface area contributed by atoms with Crippen molar-refractivity contribution >= 4 is 23.6 Å². The van der Waals surface area contributed by atoms with E-state index in [9.17, 15) is 0 Å². The monoisotopic (exact) mass is 371 g/mol. The van der Waals surface area contributed by atoms with Crippen molar-refractivity contribution in [1.82, 2.24) is 24.2 Å². The fourth-order valence-electron chi connectivity index (χ4n) is 3.46. The van der Waals surface area contributed by atoms with E-state index in [4.69, 9.17) is 17.3 Å². The molecule has 0 spiro atoms. The second-order valence-electron chi connectivity index (χ2n) is 6.26. The van der Waals surface area contributed by atoms with Crippen molar-refractivity contribution in [1.29, 1.82) is 0 Å². The summed E-state index contributed by atoms with van der Waals surface area (Å²) in [6.45, 7) is 6.95. The van der Waals surface area contributed by atoms with Gasteiger partial charge in [-0.25, -0.2) is 4.68 Å². The molecule has 1 aliphatic heterocycles. The molecule has 1 aliphatic rings. The molecule has 4 rings (SSSR count). The molecule has 0 saturated carbocycles. The van der Waals surface area contributed by atoms with Gasteiger partial charge in [-0.2, -0.15) is 5.10 Å². The predicted octanol–water partition coefficient (Wildman–Crippen LogP) is 4.13. The third-order valence-electron chi connectivity index (χ3n) is 4.90. The van der Waals surface area contributed by atoms with Gasteiger partial charge in [0.25, 0.3) is 0 Å². The first-order valence-corrected chi connectivity index (χ1v) is 9.86. The number of nitrogens with zero attached hydrogens (tertiary/aromatic N) is 5. The van der Waals surface area contributed by atoms with Crippen LogP contribution in [-0.2, 0) is 19.6 Å². The summed E-state index contributed by atoms with van der Waals surface area (Å²) < 4.78 is 4.83. The summed E-state index contributed by atoms with van der Waals surface area (Å²) in [6, 6.07) is 6.61. The van der Waals surface area contributed by atoms with Gasteiger partial charge in [-0.3, -0.25) is 9.88 Å². The molecule has 5 nitrogen and oxygen atoms in total. The number of thiophene rings is 1. The number of rotatable bonds is 4. The zero-order valence-corrected chi connectivity index (χ0v) is 16.1. The minimum Gasteiger partial charge on any atom is -0.300 e. The fourth-order valence-corrected chi connectivity index (χ4v) is 4.74. The van der Waals surface area contributed by atoms with Crippen LogP contribution in [0.3, 0.4) is 0 Å². The van der Waals surface area contributed by atoms with E-state index in [-0.39, 0.29) is 0 Å². The maximum atomic E-state index is 5.70. The molecule has 0 N–H and O–H groups in total. The Labute approximate surface area is 156 Å². The molecule has 0 aromatic carbocycles. The summed E-state index contributed by atoms with van der Waals surface area (Å²) in [5, 5.41) is 7.03. The van der Waals surface area contributed by atoms with Gasteiger partial charge in [-0.05, 0) is 61.6 Å². The highest BCUT2D eigenvalue weighted by atomic mass is 32.1. The molecular formula is C18H21N5S2. The number of pyridine rings is 1. The summed E-state index contributed by atoms with van der Waals surface area (Å²) >= 11 is 7.57. The van der Waals surface area contributed by atoms with Crippen LogP contribution in [0.1, 0.15) is 30.3 Å². The molecule has 130 valence electrons. The number of fused-ring (bicyclic) bond motifs is 1. The van der Waals surface area contributed by atoms with Crippen molar-refractivity contribution in [3.05, 3.63) is 51.2 Å². The van der Waals surface area contributed by atoms with Crippen LogP contribution in [0.5, 0.6) is 0 Å². The Bertz CT molecular complexity index is 925. The Kier molecular flexibility index (Phi) is 4.54. The molecule has 7 heteroatoms. The van der Waals surface area contributed by atoms with E-state index in [1.54, 1.807) is 12.4 Å². The van der Waals surface area contributed by atoms with Crippen molar-refractivity contribution < 1.29 is 0 Å². The minimum absolute atomic E-state index is 0.396. The maximum absolute atomic E-state index is 5.70. The lowest BCUT2D eigenvalue weighted by Gasteiger charge is -2.33. The van der Waals surface area contributed by atoms with Gasteiger partial charge in [0.15, 0.2) is 10.6 Å². The lowest BCUT2D eigenvalue weighted by Crippen LogP contribution is -2.35. The normalized spacial score (nSPS) is 17.6. The maximum Gasteiger partial charge on any atom is 0.199 e. The molecule has 4 heterocycles. The van der Waals surface area contributed by atoms with Crippen LogP contribution in [0, 0.1) is 4.77 Å². The van der Waals surface area contributed by atoms with Crippen LogP contribution in [0.15, 0.2) is 36.0 Å². The molecule has 0 radical (unpaired) electrons. The number of hydrogen-bond acceptors (Lipinski definition) is 5. The van der Waals surface area contributed by atoms with E-state index in [2.05, 4.69) is 39.7 Å². The Hall–Kier alpha value is -1.83. The first-order chi connectivity index (χ1) is 12.2. The zero-order valence-electron chi connectivity index (χ0n) is 14.4. The highest BCUT2D eigenvalue weighted by Gasteiger charge is 2.25. The van der Waals surface area contributed by atoms with Crippen molar-refractivity contribution in [2.45, 2.75) is 39.5 Å². The summed E-state index contributed by atoms with van der Waals surface area (Å²) in [7, 11) is 0. The van der Waals surface area contributed by atoms with Gasteiger partial charge >= 0.3 is 0 Å². The van der Waals surface area contributed by atoms with Gasteiger partial charge in [-0.15, -0.1) is 11.3 Å². The van der Waals surface area contributed by atoms with E-state index in [0.29, 0.717) is 6.04 Å². The molecule has 0 fully saturated rings. The van der Waals surface area contributed by atoms with E-state index in [1.807, 2.05) is 28.2 Å². The van der Waals surface area contributed by atoms with Crippen LogP contribution in [-0.4, -0.2) is 30.8 Å². The third kappa shape index (κ3) is 2.96. The molecular weight excluding hydrogens is 350 g/mol. The Balaban J connectivity index is 1.66. The van der Waals surface area contributed by atoms with Crippen molar-refractivity contribution in [3.63, 3.8) is 0 Å². The molecule has 25 heavy (non-hydrogen) atoms. The van der Waals surface area contributed by atoms with Crippen molar-refractivity contribution in [2.24, 2.45) is 0 Å². The molecule has 1 unspecified atom stereocenters. The average Bonchev–Trinajstić information content (AvgIpc) is 3.23. The Morgan fingerprint density at radius 1 is 1.28 bits per heavy atom. The van der Waals surface area contributed by atoms with E-state index < -0.39 is 0 Å². The summed E-state index contributed by atoms with van der Waals surface area (Å²) in [6.07, 6.45) is 4.70. The smallest absolute Gasteiger partial charge is 0.199 e. The van der Waals surface area contributed by atoms with Crippen LogP contribution in [0.4, 0.5) is 0 Å². The molecule has 3 aromatic rings. The fraction of sp³-hybridized carbons (Fsp3) is 0.389. The van der Waals surface area contributed by atoms with Gasteiger partial charge in [0.05, 0.1) is 6.67 Å². The zero-order chi connectivity index (χ0) is 17.4. The van der Waals surface area contributed by atoms with Crippen LogP contribution < -0.4 is 0 Å². The van der Waals surface area contributed by atoms with Gasteiger partial charge in [-0.1, -0.05) is 0 Å². The molecule has 3 aromatic heterocycles. The molecule has 0 saturated heterocycles. The summed E-state index contributed by atoms with van der Waals surface area (Å²) in [5.41, 5.74) is 2.50. The topological polar surface area (TPSA) is 38.9 Å². The number of aromatic nitrogens is 4. The molecule has 1 atom stereocenters. The average molecular weight is 372 g/mol. The van der Waals surface area contributed by atoms with Crippen LogP contribution in [0.2, 0.25) is 0 Å². The van der Waals surface area contributed by atoms with Crippen LogP contribution in [0.25, 0.3) is 11.4 Å². The largest absolute Gasteiger partial charge is 0.300 e. The lowest BCUT2D eigenvalue weighted by atomic mass is 10.0. The molecule has 0 amide bonds. The first kappa shape index (κ1) is 16.6. The summed E-state index contributed by atoms with van der Waals surface area (Å²) in [5.74, 6) is 0.913. The second-order valence-corrected chi connectivity index (χ2v) is 7.63. The van der Waals surface area contributed by atoms with Crippen molar-refractivity contribution in [2.75, 3.05) is 6.54 Å². The van der Waals surface area contributed by atoms with Gasteiger partial charge < -0.3 is 4.57 Å². The minimum atomic E-state index is 0.396. The van der Waals surface area contributed by atoms with Gasteiger partial charge in [0.1, 0.15) is 0 Å². The van der Waals surface area contributed by atoms with E-state index >= 15 is 0 Å².